The molecular weight excluding hydrogens is 361 g/mol. The van der Waals surface area contributed by atoms with Gasteiger partial charge in [-0.15, -0.1) is 0 Å². The van der Waals surface area contributed by atoms with Gasteiger partial charge in [-0.1, -0.05) is 35.3 Å². The zero-order valence-electron chi connectivity index (χ0n) is 13.6. The van der Waals surface area contributed by atoms with Gasteiger partial charge < -0.3 is 10.2 Å². The number of rotatable bonds is 4. The highest BCUT2D eigenvalue weighted by Crippen LogP contribution is 2.24. The van der Waals surface area contributed by atoms with Crippen LogP contribution in [0.15, 0.2) is 42.5 Å². The second-order valence-corrected chi connectivity index (χ2v) is 6.72. The predicted molar refractivity (Wildman–Crippen MR) is 101 cm³/mol. The molecule has 0 bridgehead atoms. The molecule has 1 heterocycles. The van der Waals surface area contributed by atoms with E-state index in [2.05, 4.69) is 5.32 Å². The van der Waals surface area contributed by atoms with E-state index in [1.54, 1.807) is 35.2 Å². The number of hydrogen-bond donors (Lipinski definition) is 1. The number of aryl methyl sites for hydroxylation is 1. The number of halogens is 2. The first-order chi connectivity index (χ1) is 11.9. The molecule has 0 radical (unpaired) electrons. The quantitative estimate of drug-likeness (QED) is 0.868. The summed E-state index contributed by atoms with van der Waals surface area (Å²) in [5, 5.41) is 3.92. The van der Waals surface area contributed by atoms with E-state index < -0.39 is 0 Å². The Morgan fingerprint density at radius 1 is 1.12 bits per heavy atom. The Balaban J connectivity index is 1.64. The van der Waals surface area contributed by atoms with Gasteiger partial charge in [0.25, 0.3) is 0 Å². The molecule has 2 aromatic rings. The fraction of sp³-hybridized carbons (Fsp3) is 0.222. The van der Waals surface area contributed by atoms with E-state index in [4.69, 9.17) is 23.2 Å². The van der Waals surface area contributed by atoms with Crippen LogP contribution in [0.4, 0.5) is 16.2 Å². The largest absolute Gasteiger partial charge is 0.325 e. The Hall–Kier alpha value is -2.24. The number of anilines is 2. The lowest BCUT2D eigenvalue weighted by atomic mass is 10.2. The van der Waals surface area contributed by atoms with Gasteiger partial charge in [-0.2, -0.15) is 0 Å². The van der Waals surface area contributed by atoms with Crippen molar-refractivity contribution in [1.82, 2.24) is 4.90 Å². The molecule has 3 amide bonds. The van der Waals surface area contributed by atoms with Gasteiger partial charge in [-0.3, -0.25) is 9.69 Å². The van der Waals surface area contributed by atoms with Crippen molar-refractivity contribution in [3.8, 4) is 0 Å². The molecule has 7 heteroatoms. The van der Waals surface area contributed by atoms with Gasteiger partial charge in [-0.05, 0) is 42.8 Å². The summed E-state index contributed by atoms with van der Waals surface area (Å²) in [7, 11) is 0. The van der Waals surface area contributed by atoms with Crippen LogP contribution in [0, 0.1) is 6.92 Å². The van der Waals surface area contributed by atoms with Gasteiger partial charge in [0.1, 0.15) is 6.54 Å². The Morgan fingerprint density at radius 2 is 1.88 bits per heavy atom. The molecule has 1 fully saturated rings. The maximum absolute atomic E-state index is 12.5. The fourth-order valence-electron chi connectivity index (χ4n) is 2.70. The van der Waals surface area contributed by atoms with Crippen LogP contribution in [0.3, 0.4) is 0 Å². The maximum atomic E-state index is 12.5. The molecule has 0 saturated carbocycles. The molecular formula is C18H17Cl2N3O2. The van der Waals surface area contributed by atoms with E-state index in [1.807, 2.05) is 19.1 Å². The molecule has 0 atom stereocenters. The fourth-order valence-corrected chi connectivity index (χ4v) is 3.06. The summed E-state index contributed by atoms with van der Waals surface area (Å²) >= 11 is 11.9. The van der Waals surface area contributed by atoms with Crippen molar-refractivity contribution in [2.24, 2.45) is 0 Å². The summed E-state index contributed by atoms with van der Waals surface area (Å²) < 4.78 is 0. The number of nitrogens with zero attached hydrogens (tertiary/aromatic N) is 2. The van der Waals surface area contributed by atoms with Gasteiger partial charge >= 0.3 is 6.03 Å². The molecule has 1 aliphatic rings. The molecule has 5 nitrogen and oxygen atoms in total. The van der Waals surface area contributed by atoms with Gasteiger partial charge in [0.2, 0.25) is 5.91 Å². The molecule has 1 aliphatic heterocycles. The normalized spacial score (nSPS) is 14.1. The van der Waals surface area contributed by atoms with Crippen molar-refractivity contribution < 1.29 is 9.59 Å². The van der Waals surface area contributed by atoms with Crippen LogP contribution in [0.2, 0.25) is 10.0 Å². The first kappa shape index (κ1) is 17.6. The number of benzene rings is 2. The number of hydrogen-bond acceptors (Lipinski definition) is 2. The number of urea groups is 1. The summed E-state index contributed by atoms with van der Waals surface area (Å²) in [6, 6.07) is 12.2. The van der Waals surface area contributed by atoms with Crippen LogP contribution in [-0.2, 0) is 4.79 Å². The minimum atomic E-state index is -0.258. The average Bonchev–Trinajstić information content (AvgIpc) is 2.92. The summed E-state index contributed by atoms with van der Waals surface area (Å²) in [6.07, 6.45) is 0. The third-order valence-corrected chi connectivity index (χ3v) is 4.49. The van der Waals surface area contributed by atoms with Gasteiger partial charge in [-0.25, -0.2) is 4.79 Å². The van der Waals surface area contributed by atoms with Crippen LogP contribution < -0.4 is 10.2 Å². The second-order valence-electron chi connectivity index (χ2n) is 5.84. The summed E-state index contributed by atoms with van der Waals surface area (Å²) in [4.78, 5) is 27.9. The lowest BCUT2D eigenvalue weighted by molar-refractivity contribution is -0.116. The molecule has 0 aliphatic carbocycles. The number of carbonyl (C=O) groups excluding carboxylic acids is 2. The first-order valence-electron chi connectivity index (χ1n) is 7.82. The van der Waals surface area contributed by atoms with E-state index in [-0.39, 0.29) is 18.5 Å². The highest BCUT2D eigenvalue weighted by Gasteiger charge is 2.30. The lowest BCUT2D eigenvalue weighted by Gasteiger charge is -2.19. The maximum Gasteiger partial charge on any atom is 0.325 e. The lowest BCUT2D eigenvalue weighted by Crippen LogP contribution is -2.37. The number of nitrogens with one attached hydrogen (secondary N) is 1. The summed E-state index contributed by atoms with van der Waals surface area (Å²) in [6.45, 7) is 2.87. The minimum Gasteiger partial charge on any atom is -0.324 e. The van der Waals surface area contributed by atoms with Crippen LogP contribution in [0.5, 0.6) is 0 Å². The van der Waals surface area contributed by atoms with Crippen molar-refractivity contribution in [3.05, 3.63) is 58.1 Å². The minimum absolute atomic E-state index is 0.0121. The smallest absolute Gasteiger partial charge is 0.324 e. The van der Waals surface area contributed by atoms with Crippen LogP contribution in [-0.4, -0.2) is 36.5 Å². The molecule has 0 aromatic heterocycles. The molecule has 0 unspecified atom stereocenters. The van der Waals surface area contributed by atoms with Crippen molar-refractivity contribution >= 4 is 46.5 Å². The predicted octanol–water partition coefficient (Wildman–Crippen LogP) is 4.18. The van der Waals surface area contributed by atoms with Crippen LogP contribution in [0.25, 0.3) is 0 Å². The molecule has 25 heavy (non-hydrogen) atoms. The zero-order valence-corrected chi connectivity index (χ0v) is 15.1. The molecule has 0 spiro atoms. The van der Waals surface area contributed by atoms with Crippen LogP contribution in [0.1, 0.15) is 5.56 Å². The van der Waals surface area contributed by atoms with Gasteiger partial charge in [0.15, 0.2) is 0 Å². The van der Waals surface area contributed by atoms with E-state index >= 15 is 0 Å². The topological polar surface area (TPSA) is 52.7 Å². The van der Waals surface area contributed by atoms with E-state index in [0.29, 0.717) is 28.8 Å². The number of amides is 3. The van der Waals surface area contributed by atoms with Crippen molar-refractivity contribution in [1.29, 1.82) is 0 Å². The molecule has 130 valence electrons. The highest BCUT2D eigenvalue weighted by molar-refractivity contribution is 6.31. The molecule has 1 saturated heterocycles. The third-order valence-electron chi connectivity index (χ3n) is 4.02. The second kappa shape index (κ2) is 7.33. The van der Waals surface area contributed by atoms with Crippen molar-refractivity contribution in [3.63, 3.8) is 0 Å². The van der Waals surface area contributed by atoms with E-state index in [0.717, 1.165) is 11.3 Å². The Bertz CT molecular complexity index is 826. The molecule has 3 rings (SSSR count). The molecule has 1 N–H and O–H groups in total. The standard InChI is InChI=1S/C18H17Cl2N3O2/c1-12-5-6-14(20)10-16(12)21-17(24)11-22-7-8-23(18(22)25)15-4-2-3-13(19)9-15/h2-6,9-10H,7-8,11H2,1H3,(H,21,24). The van der Waals surface area contributed by atoms with Gasteiger partial charge in [0, 0.05) is 34.5 Å². The highest BCUT2D eigenvalue weighted by atomic mass is 35.5. The first-order valence-corrected chi connectivity index (χ1v) is 8.57. The van der Waals surface area contributed by atoms with Crippen molar-refractivity contribution in [2.75, 3.05) is 29.9 Å². The number of carbonyl (C=O) groups is 2. The average molecular weight is 378 g/mol. The monoisotopic (exact) mass is 377 g/mol. The summed E-state index contributed by atoms with van der Waals surface area (Å²) in [5.41, 5.74) is 2.29. The molecule has 2 aromatic carbocycles. The summed E-state index contributed by atoms with van der Waals surface area (Å²) in [5.74, 6) is -0.258. The Morgan fingerprint density at radius 3 is 2.64 bits per heavy atom. The van der Waals surface area contributed by atoms with Crippen molar-refractivity contribution in [2.45, 2.75) is 6.92 Å². The Kier molecular flexibility index (Phi) is 5.16. The van der Waals surface area contributed by atoms with E-state index in [9.17, 15) is 9.59 Å². The zero-order chi connectivity index (χ0) is 18.0. The third kappa shape index (κ3) is 4.06. The van der Waals surface area contributed by atoms with Gasteiger partial charge in [0.05, 0.1) is 0 Å². The van der Waals surface area contributed by atoms with E-state index in [1.165, 1.54) is 4.90 Å². The Labute approximate surface area is 156 Å². The van der Waals surface area contributed by atoms with Crippen LogP contribution >= 0.6 is 23.2 Å². The SMILES string of the molecule is Cc1ccc(Cl)cc1NC(=O)CN1CCN(c2cccc(Cl)c2)C1=O.